The summed E-state index contributed by atoms with van der Waals surface area (Å²) in [6.45, 7) is 7.38. The summed E-state index contributed by atoms with van der Waals surface area (Å²) in [5, 5.41) is 6.06. The summed E-state index contributed by atoms with van der Waals surface area (Å²) in [5.41, 5.74) is 0. The number of amides is 2. The Labute approximate surface area is 149 Å². The van der Waals surface area contributed by atoms with Gasteiger partial charge in [-0.15, -0.1) is 0 Å². The predicted molar refractivity (Wildman–Crippen MR) is 93.8 cm³/mol. The van der Waals surface area contributed by atoms with Crippen molar-refractivity contribution in [1.29, 1.82) is 0 Å². The van der Waals surface area contributed by atoms with E-state index in [9.17, 15) is 14.4 Å². The molecule has 2 rings (SSSR count). The maximum absolute atomic E-state index is 12.9. The SMILES string of the molecule is CC(C)CCOC(=O)CC1C(=O)NCCN1C(=O)C1CCCC(C)N1. The van der Waals surface area contributed by atoms with E-state index >= 15 is 0 Å². The number of carbonyl (C=O) groups excluding carboxylic acids is 3. The number of esters is 1. The first-order chi connectivity index (χ1) is 11.9. The summed E-state index contributed by atoms with van der Waals surface area (Å²) < 4.78 is 5.22. The lowest BCUT2D eigenvalue weighted by Gasteiger charge is -2.38. The number of nitrogens with zero attached hydrogens (tertiary/aromatic N) is 1. The Bertz CT molecular complexity index is 495. The summed E-state index contributed by atoms with van der Waals surface area (Å²) in [7, 11) is 0. The van der Waals surface area contributed by atoms with Crippen molar-refractivity contribution in [3.05, 3.63) is 0 Å². The van der Waals surface area contributed by atoms with Crippen LogP contribution in [0.2, 0.25) is 0 Å². The molecule has 142 valence electrons. The van der Waals surface area contributed by atoms with Crippen LogP contribution >= 0.6 is 0 Å². The molecular weight excluding hydrogens is 322 g/mol. The Morgan fingerprint density at radius 3 is 2.76 bits per heavy atom. The molecule has 0 bridgehead atoms. The zero-order valence-corrected chi connectivity index (χ0v) is 15.5. The molecule has 25 heavy (non-hydrogen) atoms. The van der Waals surface area contributed by atoms with E-state index in [4.69, 9.17) is 4.74 Å². The number of piperidine rings is 1. The van der Waals surface area contributed by atoms with Crippen LogP contribution in [0, 0.1) is 5.92 Å². The third-order valence-corrected chi connectivity index (χ3v) is 4.85. The van der Waals surface area contributed by atoms with E-state index in [1.54, 1.807) is 4.90 Å². The Kier molecular flexibility index (Phi) is 7.23. The summed E-state index contributed by atoms with van der Waals surface area (Å²) in [6, 6.07) is -0.748. The van der Waals surface area contributed by atoms with Gasteiger partial charge < -0.3 is 20.3 Å². The fourth-order valence-corrected chi connectivity index (χ4v) is 3.34. The first kappa shape index (κ1) is 19.7. The quantitative estimate of drug-likeness (QED) is 0.691. The Morgan fingerprint density at radius 1 is 1.32 bits per heavy atom. The third kappa shape index (κ3) is 5.70. The van der Waals surface area contributed by atoms with Crippen molar-refractivity contribution >= 4 is 17.8 Å². The van der Waals surface area contributed by atoms with E-state index in [0.717, 1.165) is 25.7 Å². The van der Waals surface area contributed by atoms with E-state index in [0.29, 0.717) is 31.7 Å². The molecule has 0 aromatic carbocycles. The van der Waals surface area contributed by atoms with Gasteiger partial charge in [-0.3, -0.25) is 14.4 Å². The molecule has 3 unspecified atom stereocenters. The van der Waals surface area contributed by atoms with Gasteiger partial charge in [-0.2, -0.15) is 0 Å². The predicted octanol–water partition coefficient (Wildman–Crippen LogP) is 0.823. The highest BCUT2D eigenvalue weighted by Gasteiger charge is 2.38. The normalized spacial score (nSPS) is 27.1. The molecule has 2 aliphatic rings. The Hall–Kier alpha value is -1.63. The minimum atomic E-state index is -0.771. The summed E-state index contributed by atoms with van der Waals surface area (Å²) in [5.74, 6) is -0.334. The van der Waals surface area contributed by atoms with Gasteiger partial charge in [0, 0.05) is 19.1 Å². The van der Waals surface area contributed by atoms with Gasteiger partial charge in [0.05, 0.1) is 19.1 Å². The van der Waals surface area contributed by atoms with Crippen molar-refractivity contribution in [2.24, 2.45) is 5.92 Å². The van der Waals surface area contributed by atoms with Crippen molar-refractivity contribution in [2.75, 3.05) is 19.7 Å². The Balaban J connectivity index is 1.96. The summed E-state index contributed by atoms with van der Waals surface area (Å²) in [6.07, 6.45) is 3.52. The van der Waals surface area contributed by atoms with E-state index in [1.807, 2.05) is 0 Å². The third-order valence-electron chi connectivity index (χ3n) is 4.85. The molecule has 0 aromatic rings. The minimum absolute atomic E-state index is 0.0821. The first-order valence-electron chi connectivity index (χ1n) is 9.38. The van der Waals surface area contributed by atoms with E-state index < -0.39 is 12.0 Å². The first-order valence-corrected chi connectivity index (χ1v) is 9.38. The maximum Gasteiger partial charge on any atom is 0.308 e. The molecule has 2 heterocycles. The molecule has 3 atom stereocenters. The molecular formula is C18H31N3O4. The van der Waals surface area contributed by atoms with Crippen molar-refractivity contribution < 1.29 is 19.1 Å². The van der Waals surface area contributed by atoms with Crippen LogP contribution in [0.5, 0.6) is 0 Å². The van der Waals surface area contributed by atoms with Crippen molar-refractivity contribution in [3.63, 3.8) is 0 Å². The molecule has 0 aromatic heterocycles. The number of rotatable bonds is 6. The average molecular weight is 353 g/mol. The van der Waals surface area contributed by atoms with Gasteiger partial charge in [-0.25, -0.2) is 0 Å². The molecule has 0 radical (unpaired) electrons. The highest BCUT2D eigenvalue weighted by atomic mass is 16.5. The molecule has 0 spiro atoms. The topological polar surface area (TPSA) is 87.7 Å². The lowest BCUT2D eigenvalue weighted by Crippen LogP contribution is -2.62. The van der Waals surface area contributed by atoms with Crippen LogP contribution in [0.25, 0.3) is 0 Å². The van der Waals surface area contributed by atoms with Gasteiger partial charge in [0.25, 0.3) is 0 Å². The lowest BCUT2D eigenvalue weighted by molar-refractivity contribution is -0.153. The smallest absolute Gasteiger partial charge is 0.308 e. The molecule has 2 N–H and O–H groups in total. The monoisotopic (exact) mass is 353 g/mol. The molecule has 2 aliphatic heterocycles. The van der Waals surface area contributed by atoms with E-state index in [-0.39, 0.29) is 24.3 Å². The van der Waals surface area contributed by atoms with Crippen LogP contribution in [0.3, 0.4) is 0 Å². The molecule has 7 heteroatoms. The highest BCUT2D eigenvalue weighted by molar-refractivity contribution is 5.93. The standard InChI is InChI=1S/C18H31N3O4/c1-12(2)7-10-25-16(22)11-15-17(23)19-8-9-21(15)18(24)14-6-4-5-13(3)20-14/h12-15,20H,4-11H2,1-3H3,(H,19,23). The van der Waals surface area contributed by atoms with Gasteiger partial charge in [-0.1, -0.05) is 13.8 Å². The van der Waals surface area contributed by atoms with Crippen LogP contribution in [-0.2, 0) is 19.1 Å². The Morgan fingerprint density at radius 2 is 2.08 bits per heavy atom. The lowest BCUT2D eigenvalue weighted by atomic mass is 9.97. The number of nitrogens with one attached hydrogen (secondary N) is 2. The van der Waals surface area contributed by atoms with Gasteiger partial charge in [0.1, 0.15) is 6.04 Å². The number of piperazine rings is 1. The van der Waals surface area contributed by atoms with Gasteiger partial charge in [-0.05, 0) is 38.5 Å². The van der Waals surface area contributed by atoms with Crippen molar-refractivity contribution in [1.82, 2.24) is 15.5 Å². The van der Waals surface area contributed by atoms with Crippen molar-refractivity contribution in [3.8, 4) is 0 Å². The highest BCUT2D eigenvalue weighted by Crippen LogP contribution is 2.18. The second-order valence-electron chi connectivity index (χ2n) is 7.50. The van der Waals surface area contributed by atoms with Gasteiger partial charge >= 0.3 is 5.97 Å². The largest absolute Gasteiger partial charge is 0.466 e. The van der Waals surface area contributed by atoms with Gasteiger partial charge in [0.2, 0.25) is 11.8 Å². The fraction of sp³-hybridized carbons (Fsp3) is 0.833. The molecule has 0 saturated carbocycles. The second kappa shape index (κ2) is 9.17. The molecule has 7 nitrogen and oxygen atoms in total. The van der Waals surface area contributed by atoms with Crippen LogP contribution in [0.4, 0.5) is 0 Å². The van der Waals surface area contributed by atoms with E-state index in [1.165, 1.54) is 0 Å². The van der Waals surface area contributed by atoms with Crippen LogP contribution in [0.15, 0.2) is 0 Å². The summed E-state index contributed by atoms with van der Waals surface area (Å²) >= 11 is 0. The maximum atomic E-state index is 12.9. The van der Waals surface area contributed by atoms with Crippen LogP contribution in [-0.4, -0.2) is 60.5 Å². The van der Waals surface area contributed by atoms with Crippen LogP contribution in [0.1, 0.15) is 52.9 Å². The zero-order chi connectivity index (χ0) is 18.4. The number of carbonyl (C=O) groups is 3. The fourth-order valence-electron chi connectivity index (χ4n) is 3.34. The number of hydrogen-bond acceptors (Lipinski definition) is 5. The minimum Gasteiger partial charge on any atom is -0.466 e. The second-order valence-corrected chi connectivity index (χ2v) is 7.50. The van der Waals surface area contributed by atoms with Crippen LogP contribution < -0.4 is 10.6 Å². The molecule has 2 fully saturated rings. The van der Waals surface area contributed by atoms with Crippen molar-refractivity contribution in [2.45, 2.75) is 71.0 Å². The number of ether oxygens (including phenoxy) is 1. The van der Waals surface area contributed by atoms with Gasteiger partial charge in [0.15, 0.2) is 0 Å². The number of hydrogen-bond donors (Lipinski definition) is 2. The molecule has 0 aliphatic carbocycles. The molecule has 2 amide bonds. The zero-order valence-electron chi connectivity index (χ0n) is 15.5. The van der Waals surface area contributed by atoms with E-state index in [2.05, 4.69) is 31.4 Å². The average Bonchev–Trinajstić information content (AvgIpc) is 2.55. The molecule has 2 saturated heterocycles. The summed E-state index contributed by atoms with van der Waals surface area (Å²) in [4.78, 5) is 38.7.